The maximum atomic E-state index is 12.3. The second-order valence-corrected chi connectivity index (χ2v) is 6.15. The maximum Gasteiger partial charge on any atom is 0.338 e. The Balaban J connectivity index is 2.05. The van der Waals surface area contributed by atoms with Crippen molar-refractivity contribution in [2.75, 3.05) is 24.3 Å². The molecule has 0 aliphatic heterocycles. The zero-order valence-electron chi connectivity index (χ0n) is 15.5. The van der Waals surface area contributed by atoms with Crippen molar-refractivity contribution >= 4 is 23.3 Å². The van der Waals surface area contributed by atoms with Crippen LogP contribution in [0.5, 0.6) is 0 Å². The molecule has 0 spiro atoms. The Labute approximate surface area is 147 Å². The number of aryl methyl sites for hydroxylation is 2. The predicted molar refractivity (Wildman–Crippen MR) is 97.0 cm³/mol. The first-order valence-electron chi connectivity index (χ1n) is 8.00. The van der Waals surface area contributed by atoms with Crippen molar-refractivity contribution in [3.05, 3.63) is 41.2 Å². The standard InChI is InChI=1S/C18H24N4O3/c1-11-16(12(2)22(6)20-11)19-17(23)13(3)25-18(24)14-8-7-9-15(10-14)21(4)5/h7-10,13H,1-6H3,(H,19,23)/t13-/m0/s1. The first kappa shape index (κ1) is 18.5. The summed E-state index contributed by atoms with van der Waals surface area (Å²) < 4.78 is 6.98. The highest BCUT2D eigenvalue weighted by molar-refractivity contribution is 5.98. The highest BCUT2D eigenvalue weighted by Gasteiger charge is 2.21. The van der Waals surface area contributed by atoms with E-state index in [1.54, 1.807) is 36.9 Å². The van der Waals surface area contributed by atoms with E-state index in [-0.39, 0.29) is 0 Å². The van der Waals surface area contributed by atoms with E-state index in [0.29, 0.717) is 16.9 Å². The number of hydrogen-bond acceptors (Lipinski definition) is 5. The lowest BCUT2D eigenvalue weighted by Crippen LogP contribution is -2.30. The summed E-state index contributed by atoms with van der Waals surface area (Å²) in [6.07, 6.45) is -0.922. The fourth-order valence-corrected chi connectivity index (χ4v) is 2.37. The van der Waals surface area contributed by atoms with Gasteiger partial charge in [0.05, 0.1) is 22.6 Å². The molecule has 7 heteroatoms. The average molecular weight is 344 g/mol. The highest BCUT2D eigenvalue weighted by Crippen LogP contribution is 2.19. The van der Waals surface area contributed by atoms with Crippen LogP contribution in [0, 0.1) is 13.8 Å². The summed E-state index contributed by atoms with van der Waals surface area (Å²) in [7, 11) is 5.58. The van der Waals surface area contributed by atoms with Gasteiger partial charge >= 0.3 is 5.97 Å². The molecule has 1 heterocycles. The number of benzene rings is 1. The minimum absolute atomic E-state index is 0.392. The molecule has 1 aromatic carbocycles. The highest BCUT2D eigenvalue weighted by atomic mass is 16.5. The molecule has 0 saturated carbocycles. The van der Waals surface area contributed by atoms with Gasteiger partial charge in [0.15, 0.2) is 6.10 Å². The number of aromatic nitrogens is 2. The van der Waals surface area contributed by atoms with Gasteiger partial charge < -0.3 is 15.0 Å². The molecule has 0 saturated heterocycles. The summed E-state index contributed by atoms with van der Waals surface area (Å²) in [5.74, 6) is -0.928. The second-order valence-electron chi connectivity index (χ2n) is 6.15. The number of esters is 1. The van der Waals surface area contributed by atoms with Gasteiger partial charge in [0, 0.05) is 26.8 Å². The van der Waals surface area contributed by atoms with Crippen LogP contribution >= 0.6 is 0 Å². The zero-order chi connectivity index (χ0) is 18.7. The monoisotopic (exact) mass is 344 g/mol. The van der Waals surface area contributed by atoms with Crippen LogP contribution in [-0.4, -0.2) is 41.9 Å². The molecule has 134 valence electrons. The van der Waals surface area contributed by atoms with E-state index in [0.717, 1.165) is 11.4 Å². The zero-order valence-corrected chi connectivity index (χ0v) is 15.5. The molecule has 1 amide bonds. The van der Waals surface area contributed by atoms with Gasteiger partial charge in [0.1, 0.15) is 0 Å². The molecule has 0 aliphatic rings. The third kappa shape index (κ3) is 4.17. The lowest BCUT2D eigenvalue weighted by Gasteiger charge is -2.16. The van der Waals surface area contributed by atoms with Crippen LogP contribution in [-0.2, 0) is 16.6 Å². The number of amides is 1. The van der Waals surface area contributed by atoms with E-state index in [2.05, 4.69) is 10.4 Å². The van der Waals surface area contributed by atoms with E-state index in [4.69, 9.17) is 4.74 Å². The van der Waals surface area contributed by atoms with E-state index in [1.165, 1.54) is 0 Å². The first-order valence-corrected chi connectivity index (χ1v) is 8.00. The van der Waals surface area contributed by atoms with Crippen LogP contribution in [0.2, 0.25) is 0 Å². The van der Waals surface area contributed by atoms with E-state index in [1.807, 2.05) is 38.9 Å². The van der Waals surface area contributed by atoms with Crippen molar-refractivity contribution in [1.29, 1.82) is 0 Å². The Kier molecular flexibility index (Phi) is 5.46. The number of hydrogen-bond donors (Lipinski definition) is 1. The first-order chi connectivity index (χ1) is 11.7. The molecule has 2 rings (SSSR count). The van der Waals surface area contributed by atoms with Crippen LogP contribution < -0.4 is 10.2 Å². The predicted octanol–water partition coefficient (Wildman–Crippen LogP) is 2.29. The topological polar surface area (TPSA) is 76.5 Å². The summed E-state index contributed by atoms with van der Waals surface area (Å²) in [5.41, 5.74) is 3.48. The number of ether oxygens (including phenoxy) is 1. The number of nitrogens with one attached hydrogen (secondary N) is 1. The molecule has 0 radical (unpaired) electrons. The Morgan fingerprint density at radius 1 is 1.28 bits per heavy atom. The number of anilines is 2. The molecule has 25 heavy (non-hydrogen) atoms. The minimum Gasteiger partial charge on any atom is -0.449 e. The molecule has 7 nitrogen and oxygen atoms in total. The normalized spacial score (nSPS) is 11.8. The van der Waals surface area contributed by atoms with Crippen molar-refractivity contribution < 1.29 is 14.3 Å². The third-order valence-electron chi connectivity index (χ3n) is 4.01. The maximum absolute atomic E-state index is 12.3. The molecule has 0 fully saturated rings. The van der Waals surface area contributed by atoms with Crippen LogP contribution in [0.1, 0.15) is 28.7 Å². The smallest absolute Gasteiger partial charge is 0.338 e. The average Bonchev–Trinajstić information content (AvgIpc) is 2.81. The van der Waals surface area contributed by atoms with Gasteiger partial charge in [-0.1, -0.05) is 6.07 Å². The van der Waals surface area contributed by atoms with E-state index < -0.39 is 18.0 Å². The van der Waals surface area contributed by atoms with Gasteiger partial charge in [-0.25, -0.2) is 4.79 Å². The molecule has 1 aromatic heterocycles. The van der Waals surface area contributed by atoms with Gasteiger partial charge in [0.2, 0.25) is 0 Å². The van der Waals surface area contributed by atoms with E-state index in [9.17, 15) is 9.59 Å². The van der Waals surface area contributed by atoms with Crippen LogP contribution in [0.3, 0.4) is 0 Å². The molecule has 1 N–H and O–H groups in total. The number of rotatable bonds is 5. The Bertz CT molecular complexity index is 796. The third-order valence-corrected chi connectivity index (χ3v) is 4.01. The summed E-state index contributed by atoms with van der Waals surface area (Å²) in [6, 6.07) is 7.05. The quantitative estimate of drug-likeness (QED) is 0.842. The second kappa shape index (κ2) is 7.38. The summed E-state index contributed by atoms with van der Waals surface area (Å²) in [5, 5.41) is 7.03. The van der Waals surface area contributed by atoms with Crippen molar-refractivity contribution in [3.63, 3.8) is 0 Å². The SMILES string of the molecule is Cc1nn(C)c(C)c1NC(=O)[C@H](C)OC(=O)c1cccc(N(C)C)c1. The fraction of sp³-hybridized carbons (Fsp3) is 0.389. The largest absolute Gasteiger partial charge is 0.449 e. The van der Waals surface area contributed by atoms with Crippen LogP contribution in [0.15, 0.2) is 24.3 Å². The lowest BCUT2D eigenvalue weighted by molar-refractivity contribution is -0.123. The number of carbonyl (C=O) groups excluding carboxylic acids is 2. The molecule has 1 atom stereocenters. The lowest BCUT2D eigenvalue weighted by atomic mass is 10.2. The van der Waals surface area contributed by atoms with Crippen LogP contribution in [0.25, 0.3) is 0 Å². The molecule has 0 bridgehead atoms. The van der Waals surface area contributed by atoms with Crippen molar-refractivity contribution in [3.8, 4) is 0 Å². The minimum atomic E-state index is -0.922. The van der Waals surface area contributed by atoms with Gasteiger partial charge in [-0.2, -0.15) is 5.10 Å². The van der Waals surface area contributed by atoms with Gasteiger partial charge in [-0.05, 0) is 39.0 Å². The summed E-state index contributed by atoms with van der Waals surface area (Å²) in [6.45, 7) is 5.22. The van der Waals surface area contributed by atoms with Gasteiger partial charge in [-0.15, -0.1) is 0 Å². The van der Waals surface area contributed by atoms with Gasteiger partial charge in [0.25, 0.3) is 5.91 Å². The fourth-order valence-electron chi connectivity index (χ4n) is 2.37. The van der Waals surface area contributed by atoms with Crippen molar-refractivity contribution in [2.24, 2.45) is 7.05 Å². The Morgan fingerprint density at radius 3 is 2.52 bits per heavy atom. The molecular weight excluding hydrogens is 320 g/mol. The molecule has 0 unspecified atom stereocenters. The Morgan fingerprint density at radius 2 is 1.96 bits per heavy atom. The summed E-state index contributed by atoms with van der Waals surface area (Å²) >= 11 is 0. The van der Waals surface area contributed by atoms with Crippen molar-refractivity contribution in [2.45, 2.75) is 26.9 Å². The summed E-state index contributed by atoms with van der Waals surface area (Å²) in [4.78, 5) is 26.5. The molecular formula is C18H24N4O3. The van der Waals surface area contributed by atoms with Crippen molar-refractivity contribution in [1.82, 2.24) is 9.78 Å². The molecule has 0 aliphatic carbocycles. The van der Waals surface area contributed by atoms with Gasteiger partial charge in [-0.3, -0.25) is 9.48 Å². The Hall–Kier alpha value is -2.83. The number of nitrogens with zero attached hydrogens (tertiary/aromatic N) is 3. The van der Waals surface area contributed by atoms with E-state index >= 15 is 0 Å². The molecule has 2 aromatic rings. The van der Waals surface area contributed by atoms with Crippen LogP contribution in [0.4, 0.5) is 11.4 Å². The number of carbonyl (C=O) groups is 2.